The molecule has 1 aromatic heterocycles. The Kier molecular flexibility index (Phi) is 4.71. The van der Waals surface area contributed by atoms with Gasteiger partial charge in [-0.1, -0.05) is 41.9 Å². The molecule has 0 bridgehead atoms. The van der Waals surface area contributed by atoms with Crippen LogP contribution in [0.5, 0.6) is 0 Å². The van der Waals surface area contributed by atoms with Crippen LogP contribution in [-0.4, -0.2) is 18.3 Å². The number of nitrogens with zero attached hydrogens (tertiary/aromatic N) is 2. The zero-order chi connectivity index (χ0) is 18.0. The maximum absolute atomic E-state index is 12.4. The fraction of sp³-hybridized carbons (Fsp3) is 0. The number of aromatic nitrogens is 1. The lowest BCUT2D eigenvalue weighted by atomic mass is 10.2. The van der Waals surface area contributed by atoms with E-state index >= 15 is 0 Å². The van der Waals surface area contributed by atoms with Gasteiger partial charge in [-0.3, -0.25) is 14.8 Å². The average molecular weight is 396 g/mol. The quantitative estimate of drug-likeness (QED) is 0.515. The highest BCUT2D eigenvalue weighted by atomic mass is 35.5. The van der Waals surface area contributed by atoms with Gasteiger partial charge < -0.3 is 0 Å². The predicted molar refractivity (Wildman–Crippen MR) is 96.5 cm³/mol. The Morgan fingerprint density at radius 3 is 2.56 bits per heavy atom. The molecule has 0 unspecified atom stereocenters. The van der Waals surface area contributed by atoms with Crippen molar-refractivity contribution in [3.8, 4) is 11.3 Å². The van der Waals surface area contributed by atoms with Crippen molar-refractivity contribution in [1.82, 2.24) is 4.98 Å². The monoisotopic (exact) mass is 395 g/mol. The van der Waals surface area contributed by atoms with Crippen LogP contribution in [0.4, 0.5) is 10.8 Å². The van der Waals surface area contributed by atoms with Crippen molar-refractivity contribution in [2.45, 2.75) is 4.90 Å². The smallest absolute Gasteiger partial charge is 0.258 e. The zero-order valence-electron chi connectivity index (χ0n) is 12.4. The molecule has 0 spiro atoms. The van der Waals surface area contributed by atoms with Crippen LogP contribution in [0, 0.1) is 10.1 Å². The van der Waals surface area contributed by atoms with E-state index in [-0.39, 0.29) is 15.0 Å². The van der Waals surface area contributed by atoms with Gasteiger partial charge in [0.15, 0.2) is 5.13 Å². The van der Waals surface area contributed by atoms with Gasteiger partial charge in [-0.05, 0) is 12.1 Å². The molecule has 3 rings (SSSR count). The van der Waals surface area contributed by atoms with Crippen LogP contribution in [0.2, 0.25) is 5.02 Å². The number of nitrogens with one attached hydrogen (secondary N) is 1. The van der Waals surface area contributed by atoms with Crippen molar-refractivity contribution in [1.29, 1.82) is 0 Å². The summed E-state index contributed by atoms with van der Waals surface area (Å²) in [4.78, 5) is 14.1. The first-order valence-corrected chi connectivity index (χ1v) is 9.58. The van der Waals surface area contributed by atoms with Crippen molar-refractivity contribution < 1.29 is 13.3 Å². The number of rotatable bonds is 5. The molecule has 1 N–H and O–H groups in total. The van der Waals surface area contributed by atoms with Crippen molar-refractivity contribution in [3.63, 3.8) is 0 Å². The number of hydrogen-bond acceptors (Lipinski definition) is 6. The second-order valence-electron chi connectivity index (χ2n) is 4.88. The summed E-state index contributed by atoms with van der Waals surface area (Å²) in [6.07, 6.45) is 0. The molecule has 0 radical (unpaired) electrons. The molecule has 0 fully saturated rings. The summed E-state index contributed by atoms with van der Waals surface area (Å²) in [6, 6.07) is 12.6. The Hall–Kier alpha value is -2.49. The Morgan fingerprint density at radius 2 is 1.88 bits per heavy atom. The Balaban J connectivity index is 1.89. The van der Waals surface area contributed by atoms with E-state index in [2.05, 4.69) is 9.71 Å². The standard InChI is InChI=1S/C15H10ClN3O4S2/c16-12-7-6-11(8-14(12)19(20)21)25(22,23)18-15-17-13(9-24-15)10-4-2-1-3-5-10/h1-9H,(H,17,18). The third-order valence-corrected chi connectivity index (χ3v) is 5.76. The minimum Gasteiger partial charge on any atom is -0.258 e. The first kappa shape index (κ1) is 17.3. The van der Waals surface area contributed by atoms with Gasteiger partial charge in [0.1, 0.15) is 5.02 Å². The molecule has 128 valence electrons. The lowest BCUT2D eigenvalue weighted by molar-refractivity contribution is -0.384. The van der Waals surface area contributed by atoms with Crippen LogP contribution in [0.15, 0.2) is 58.8 Å². The van der Waals surface area contributed by atoms with Crippen molar-refractivity contribution >= 4 is 43.8 Å². The summed E-state index contributed by atoms with van der Waals surface area (Å²) in [6.45, 7) is 0. The van der Waals surface area contributed by atoms with Crippen LogP contribution >= 0.6 is 22.9 Å². The molecule has 0 aliphatic heterocycles. The minimum atomic E-state index is -4.02. The number of halogens is 1. The number of nitro groups is 1. The molecule has 1 heterocycles. The molecule has 3 aromatic rings. The lowest BCUT2D eigenvalue weighted by Gasteiger charge is -2.05. The maximum Gasteiger partial charge on any atom is 0.289 e. The third-order valence-electron chi connectivity index (χ3n) is 3.22. The van der Waals surface area contributed by atoms with Gasteiger partial charge in [-0.2, -0.15) is 0 Å². The Bertz CT molecular complexity index is 1040. The molecule has 7 nitrogen and oxygen atoms in total. The number of hydrogen-bond donors (Lipinski definition) is 1. The van der Waals surface area contributed by atoms with Gasteiger partial charge in [0.25, 0.3) is 15.7 Å². The number of nitro benzene ring substituents is 1. The molecular weight excluding hydrogens is 386 g/mol. The van der Waals surface area contributed by atoms with Gasteiger partial charge in [0, 0.05) is 17.0 Å². The van der Waals surface area contributed by atoms with Crippen molar-refractivity contribution in [2.24, 2.45) is 0 Å². The SMILES string of the molecule is O=[N+]([O-])c1cc(S(=O)(=O)Nc2nc(-c3ccccc3)cs2)ccc1Cl. The normalized spacial score (nSPS) is 11.2. The highest BCUT2D eigenvalue weighted by molar-refractivity contribution is 7.93. The van der Waals surface area contributed by atoms with E-state index in [0.29, 0.717) is 5.69 Å². The van der Waals surface area contributed by atoms with Gasteiger partial charge in [0.2, 0.25) is 0 Å². The van der Waals surface area contributed by atoms with Gasteiger partial charge >= 0.3 is 0 Å². The molecule has 0 aliphatic carbocycles. The largest absolute Gasteiger partial charge is 0.289 e. The summed E-state index contributed by atoms with van der Waals surface area (Å²) >= 11 is 6.82. The lowest BCUT2D eigenvalue weighted by Crippen LogP contribution is -2.13. The molecule has 10 heteroatoms. The van der Waals surface area contributed by atoms with E-state index in [1.165, 1.54) is 12.1 Å². The number of benzene rings is 2. The molecule has 0 atom stereocenters. The first-order valence-electron chi connectivity index (χ1n) is 6.84. The zero-order valence-corrected chi connectivity index (χ0v) is 14.8. The summed E-state index contributed by atoms with van der Waals surface area (Å²) < 4.78 is 27.2. The molecule has 25 heavy (non-hydrogen) atoms. The van der Waals surface area contributed by atoms with Crippen LogP contribution in [-0.2, 0) is 10.0 Å². The van der Waals surface area contributed by atoms with E-state index in [9.17, 15) is 18.5 Å². The molecule has 0 saturated heterocycles. The van der Waals surface area contributed by atoms with E-state index in [1.54, 1.807) is 5.38 Å². The molecule has 0 aliphatic rings. The van der Waals surface area contributed by atoms with E-state index < -0.39 is 20.6 Å². The van der Waals surface area contributed by atoms with Crippen molar-refractivity contribution in [2.75, 3.05) is 4.72 Å². The van der Waals surface area contributed by atoms with Crippen LogP contribution in [0.1, 0.15) is 0 Å². The third kappa shape index (κ3) is 3.78. The second-order valence-corrected chi connectivity index (χ2v) is 7.83. The van der Waals surface area contributed by atoms with Crippen LogP contribution in [0.25, 0.3) is 11.3 Å². The van der Waals surface area contributed by atoms with Gasteiger partial charge in [-0.15, -0.1) is 11.3 Å². The van der Waals surface area contributed by atoms with Gasteiger partial charge in [0.05, 0.1) is 15.5 Å². The first-order chi connectivity index (χ1) is 11.9. The maximum atomic E-state index is 12.4. The topological polar surface area (TPSA) is 102 Å². The van der Waals surface area contributed by atoms with E-state index in [4.69, 9.17) is 11.6 Å². The van der Waals surface area contributed by atoms with Crippen LogP contribution in [0.3, 0.4) is 0 Å². The van der Waals surface area contributed by atoms with E-state index in [1.807, 2.05) is 30.3 Å². The summed E-state index contributed by atoms with van der Waals surface area (Å²) in [5.74, 6) is 0. The fourth-order valence-corrected chi connectivity index (χ4v) is 4.21. The summed E-state index contributed by atoms with van der Waals surface area (Å²) in [7, 11) is -4.02. The highest BCUT2D eigenvalue weighted by Crippen LogP contribution is 2.30. The number of thiazole rings is 1. The fourth-order valence-electron chi connectivity index (χ4n) is 2.04. The summed E-state index contributed by atoms with van der Waals surface area (Å²) in [5, 5.41) is 12.7. The van der Waals surface area contributed by atoms with Crippen molar-refractivity contribution in [3.05, 3.63) is 69.0 Å². The van der Waals surface area contributed by atoms with E-state index in [0.717, 1.165) is 23.0 Å². The highest BCUT2D eigenvalue weighted by Gasteiger charge is 2.21. The average Bonchev–Trinajstić information content (AvgIpc) is 3.03. The Labute approximate surface area is 152 Å². The number of anilines is 1. The molecule has 0 saturated carbocycles. The molecule has 0 amide bonds. The second kappa shape index (κ2) is 6.79. The van der Waals surface area contributed by atoms with Gasteiger partial charge in [-0.25, -0.2) is 13.4 Å². The van der Waals surface area contributed by atoms with Crippen LogP contribution < -0.4 is 4.72 Å². The predicted octanol–water partition coefficient (Wildman–Crippen LogP) is 4.17. The molecular formula is C15H10ClN3O4S2. The Morgan fingerprint density at radius 1 is 1.16 bits per heavy atom. The number of sulfonamides is 1. The molecule has 2 aromatic carbocycles. The summed E-state index contributed by atoms with van der Waals surface area (Å²) in [5.41, 5.74) is 1.00. The minimum absolute atomic E-state index is 0.135.